The number of benzene rings is 2. The number of nitrogens with zero attached hydrogens (tertiary/aromatic N) is 1. The maximum atomic E-state index is 10.1. The van der Waals surface area contributed by atoms with Crippen LogP contribution in [0.1, 0.15) is 38.3 Å². The minimum atomic E-state index is -2.15. The minimum Gasteiger partial charge on any atom is -0.497 e. The first-order chi connectivity index (χ1) is 16.5. The summed E-state index contributed by atoms with van der Waals surface area (Å²) in [6.07, 6.45) is 0.181. The van der Waals surface area contributed by atoms with E-state index in [0.717, 1.165) is 28.0 Å². The third kappa shape index (κ3) is 5.18. The van der Waals surface area contributed by atoms with Gasteiger partial charge in [0, 0.05) is 12.0 Å². The largest absolute Gasteiger partial charge is 0.497 e. The quantitative estimate of drug-likeness (QED) is 0.262. The SMILES string of the molecule is COc1ccc(C2=C(c3cc(OC)c(OC)c(OC)c3)/C(=N/O)CC2O[Si](C)(C)C(C)(C)C)cc1. The normalized spacial score (nSPS) is 17.6. The van der Waals surface area contributed by atoms with Gasteiger partial charge < -0.3 is 28.6 Å². The van der Waals surface area contributed by atoms with E-state index in [4.69, 9.17) is 23.4 Å². The molecule has 0 bridgehead atoms. The molecule has 1 aliphatic carbocycles. The first-order valence-electron chi connectivity index (χ1n) is 11.6. The maximum Gasteiger partial charge on any atom is 0.203 e. The fourth-order valence-electron chi connectivity index (χ4n) is 4.07. The van der Waals surface area contributed by atoms with E-state index < -0.39 is 8.32 Å². The summed E-state index contributed by atoms with van der Waals surface area (Å²) in [5, 5.41) is 13.8. The molecule has 0 radical (unpaired) electrons. The van der Waals surface area contributed by atoms with Gasteiger partial charge in [0.1, 0.15) is 5.75 Å². The molecule has 0 amide bonds. The van der Waals surface area contributed by atoms with Crippen molar-refractivity contribution in [3.63, 3.8) is 0 Å². The van der Waals surface area contributed by atoms with Gasteiger partial charge in [-0.15, -0.1) is 0 Å². The van der Waals surface area contributed by atoms with Crippen molar-refractivity contribution in [1.82, 2.24) is 0 Å². The van der Waals surface area contributed by atoms with Crippen LogP contribution < -0.4 is 18.9 Å². The van der Waals surface area contributed by atoms with Crippen molar-refractivity contribution in [3.05, 3.63) is 47.5 Å². The Morgan fingerprint density at radius 1 is 0.857 bits per heavy atom. The lowest BCUT2D eigenvalue weighted by atomic mass is 9.95. The van der Waals surface area contributed by atoms with Gasteiger partial charge in [-0.1, -0.05) is 38.1 Å². The zero-order valence-electron chi connectivity index (χ0n) is 22.2. The van der Waals surface area contributed by atoms with Crippen LogP contribution >= 0.6 is 0 Å². The maximum absolute atomic E-state index is 10.1. The van der Waals surface area contributed by atoms with Crippen molar-refractivity contribution in [3.8, 4) is 23.0 Å². The molecule has 0 saturated heterocycles. The molecule has 0 aliphatic heterocycles. The topological polar surface area (TPSA) is 78.7 Å². The van der Waals surface area contributed by atoms with E-state index in [1.165, 1.54) is 0 Å². The molecule has 3 rings (SSSR count). The van der Waals surface area contributed by atoms with Gasteiger partial charge in [-0.3, -0.25) is 0 Å². The summed E-state index contributed by atoms with van der Waals surface area (Å²) in [7, 11) is 4.23. The molecule has 2 aromatic carbocycles. The molecule has 35 heavy (non-hydrogen) atoms. The van der Waals surface area contributed by atoms with E-state index in [2.05, 4.69) is 39.0 Å². The fourth-order valence-corrected chi connectivity index (χ4v) is 5.33. The predicted molar refractivity (Wildman–Crippen MR) is 142 cm³/mol. The smallest absolute Gasteiger partial charge is 0.203 e. The van der Waals surface area contributed by atoms with E-state index >= 15 is 0 Å². The molecular weight excluding hydrogens is 462 g/mol. The highest BCUT2D eigenvalue weighted by molar-refractivity contribution is 6.74. The first-order valence-corrected chi connectivity index (χ1v) is 14.5. The summed E-state index contributed by atoms with van der Waals surface area (Å²) >= 11 is 0. The molecule has 7 nitrogen and oxygen atoms in total. The monoisotopic (exact) mass is 499 g/mol. The molecule has 1 aliphatic rings. The second kappa shape index (κ2) is 10.3. The van der Waals surface area contributed by atoms with E-state index in [9.17, 15) is 5.21 Å². The zero-order valence-corrected chi connectivity index (χ0v) is 23.2. The second-order valence-corrected chi connectivity index (χ2v) is 14.8. The molecule has 0 spiro atoms. The Morgan fingerprint density at radius 3 is 1.86 bits per heavy atom. The standard InChI is InChI=1S/C27H37NO6Si/c1-27(2,3)35(8,9)34-21-16-20(28-29)24(25(21)17-10-12-19(30-4)13-11-17)18-14-22(31-5)26(33-7)23(15-18)32-6/h10-15,21,29H,16H2,1-9H3/b28-20+. The Morgan fingerprint density at radius 2 is 1.43 bits per heavy atom. The number of ether oxygens (including phenoxy) is 4. The number of rotatable bonds is 8. The van der Waals surface area contributed by atoms with Gasteiger partial charge in [0.25, 0.3) is 0 Å². The Hall–Kier alpha value is -2.97. The number of hydrogen-bond acceptors (Lipinski definition) is 7. The first kappa shape index (κ1) is 26.6. The van der Waals surface area contributed by atoms with Crippen LogP contribution in [0.2, 0.25) is 18.1 Å². The summed E-state index contributed by atoms with van der Waals surface area (Å²) in [5.74, 6) is 2.31. The van der Waals surface area contributed by atoms with Gasteiger partial charge in [-0.2, -0.15) is 0 Å². The molecule has 2 aromatic rings. The van der Waals surface area contributed by atoms with Crippen LogP contribution in [0.5, 0.6) is 23.0 Å². The Kier molecular flexibility index (Phi) is 7.86. The van der Waals surface area contributed by atoms with Crippen LogP contribution in [0.3, 0.4) is 0 Å². The van der Waals surface area contributed by atoms with Crippen LogP contribution in [0.25, 0.3) is 11.1 Å². The number of methoxy groups -OCH3 is 4. The van der Waals surface area contributed by atoms with Gasteiger partial charge in [-0.25, -0.2) is 0 Å². The number of hydrogen-bond donors (Lipinski definition) is 1. The molecule has 1 atom stereocenters. The third-order valence-electron chi connectivity index (χ3n) is 6.98. The average Bonchev–Trinajstić information content (AvgIpc) is 3.19. The Labute approximate surface area is 209 Å². The van der Waals surface area contributed by atoms with E-state index in [-0.39, 0.29) is 11.1 Å². The molecule has 190 valence electrons. The Bertz CT molecular complexity index is 1090. The van der Waals surface area contributed by atoms with Crippen LogP contribution in [0.15, 0.2) is 41.6 Å². The van der Waals surface area contributed by atoms with E-state index in [1.807, 2.05) is 36.4 Å². The molecule has 1 unspecified atom stereocenters. The van der Waals surface area contributed by atoms with Crippen molar-refractivity contribution in [2.75, 3.05) is 28.4 Å². The van der Waals surface area contributed by atoms with E-state index in [0.29, 0.717) is 29.4 Å². The van der Waals surface area contributed by atoms with Crippen molar-refractivity contribution >= 4 is 25.2 Å². The lowest BCUT2D eigenvalue weighted by molar-refractivity contribution is 0.241. The third-order valence-corrected chi connectivity index (χ3v) is 11.5. The number of allylic oxidation sites excluding steroid dienone is 1. The molecule has 0 heterocycles. The van der Waals surface area contributed by atoms with Gasteiger partial charge in [0.2, 0.25) is 5.75 Å². The van der Waals surface area contributed by atoms with Gasteiger partial charge in [-0.05, 0) is 59.1 Å². The van der Waals surface area contributed by atoms with Crippen molar-refractivity contribution in [2.24, 2.45) is 5.16 Å². The van der Waals surface area contributed by atoms with Crippen LogP contribution in [-0.2, 0) is 4.43 Å². The summed E-state index contributed by atoms with van der Waals surface area (Å²) in [6.45, 7) is 11.1. The van der Waals surface area contributed by atoms with Crippen LogP contribution in [0, 0.1) is 0 Å². The van der Waals surface area contributed by atoms with Gasteiger partial charge in [0.05, 0.1) is 40.3 Å². The highest BCUT2D eigenvalue weighted by atomic mass is 28.4. The predicted octanol–water partition coefficient (Wildman–Crippen LogP) is 6.26. The van der Waals surface area contributed by atoms with E-state index in [1.54, 1.807) is 28.4 Å². The van der Waals surface area contributed by atoms with Crippen molar-refractivity contribution in [2.45, 2.75) is 51.4 Å². The van der Waals surface area contributed by atoms with Crippen LogP contribution in [-0.4, -0.2) is 53.8 Å². The molecule has 0 saturated carbocycles. The number of oxime groups is 1. The average molecular weight is 500 g/mol. The van der Waals surface area contributed by atoms with Crippen molar-refractivity contribution in [1.29, 1.82) is 0 Å². The summed E-state index contributed by atoms with van der Waals surface area (Å²) in [4.78, 5) is 0. The zero-order chi connectivity index (χ0) is 26.0. The van der Waals surface area contributed by atoms with Gasteiger partial charge >= 0.3 is 0 Å². The summed E-state index contributed by atoms with van der Waals surface area (Å²) < 4.78 is 29.0. The second-order valence-electron chi connectivity index (χ2n) is 10.0. The van der Waals surface area contributed by atoms with Crippen molar-refractivity contribution < 1.29 is 28.6 Å². The highest BCUT2D eigenvalue weighted by Crippen LogP contribution is 2.48. The summed E-state index contributed by atoms with van der Waals surface area (Å²) in [6, 6.07) is 11.6. The molecule has 0 fully saturated rings. The molecule has 8 heteroatoms. The molecular formula is C27H37NO6Si. The lowest BCUT2D eigenvalue weighted by Gasteiger charge is -2.39. The highest BCUT2D eigenvalue weighted by Gasteiger charge is 2.43. The Balaban J connectivity index is 2.30. The molecule has 1 N–H and O–H groups in total. The lowest BCUT2D eigenvalue weighted by Crippen LogP contribution is -2.43. The van der Waals surface area contributed by atoms with Crippen LogP contribution in [0.4, 0.5) is 0 Å². The van der Waals surface area contributed by atoms with Gasteiger partial charge in [0.15, 0.2) is 19.8 Å². The minimum absolute atomic E-state index is 0.0177. The molecule has 0 aromatic heterocycles. The fraction of sp³-hybridized carbons (Fsp3) is 0.444. The summed E-state index contributed by atoms with van der Waals surface area (Å²) in [5.41, 5.74) is 4.06.